The molecule has 0 spiro atoms. The number of nitrogens with zero attached hydrogens (tertiary/aromatic N) is 2. The number of carbonyl (C=O) groups excluding carboxylic acids is 1. The van der Waals surface area contributed by atoms with Crippen LogP contribution in [0.25, 0.3) is 0 Å². The number of carbonyl (C=O) groups is 2. The lowest BCUT2D eigenvalue weighted by Crippen LogP contribution is -2.46. The third kappa shape index (κ3) is 3.33. The predicted octanol–water partition coefficient (Wildman–Crippen LogP) is 2.14. The Morgan fingerprint density at radius 3 is 2.52 bits per heavy atom. The van der Waals surface area contributed by atoms with Gasteiger partial charge in [0.1, 0.15) is 0 Å². The van der Waals surface area contributed by atoms with Gasteiger partial charge in [0.2, 0.25) is 0 Å². The maximum atomic E-state index is 12.1. The number of benzene rings is 1. The van der Waals surface area contributed by atoms with Crippen LogP contribution >= 0.6 is 0 Å². The summed E-state index contributed by atoms with van der Waals surface area (Å²) in [6.45, 7) is 0.196. The van der Waals surface area contributed by atoms with E-state index in [1.807, 2.05) is 30.3 Å². The Kier molecular flexibility index (Phi) is 4.80. The van der Waals surface area contributed by atoms with Crippen molar-refractivity contribution in [2.45, 2.75) is 18.9 Å². The summed E-state index contributed by atoms with van der Waals surface area (Å²) in [5, 5.41) is 10.6. The quantitative estimate of drug-likeness (QED) is 0.866. The summed E-state index contributed by atoms with van der Waals surface area (Å²) in [7, 11) is 2.96. The highest BCUT2D eigenvalue weighted by molar-refractivity contribution is 5.79. The number of hydroxylamine groups is 2. The van der Waals surface area contributed by atoms with Gasteiger partial charge >= 0.3 is 6.09 Å². The summed E-state index contributed by atoms with van der Waals surface area (Å²) >= 11 is 0. The molecule has 1 fully saturated rings. The van der Waals surface area contributed by atoms with Crippen LogP contribution in [0.2, 0.25) is 0 Å². The Labute approximate surface area is 123 Å². The van der Waals surface area contributed by atoms with Crippen molar-refractivity contribution >= 4 is 12.0 Å². The van der Waals surface area contributed by atoms with Crippen LogP contribution in [0.15, 0.2) is 30.3 Å². The molecule has 1 aliphatic heterocycles. The monoisotopic (exact) mass is 292 g/mol. The van der Waals surface area contributed by atoms with Gasteiger partial charge in [-0.2, -0.15) is 0 Å². The highest BCUT2D eigenvalue weighted by Gasteiger charge is 2.36. The van der Waals surface area contributed by atoms with Crippen LogP contribution in [-0.2, 0) is 9.63 Å². The smallest absolute Gasteiger partial charge is 0.407 e. The number of hydrogen-bond donors (Lipinski definition) is 1. The van der Waals surface area contributed by atoms with Crippen LogP contribution in [0.3, 0.4) is 0 Å². The number of amides is 2. The van der Waals surface area contributed by atoms with Crippen molar-refractivity contribution in [2.24, 2.45) is 5.92 Å². The van der Waals surface area contributed by atoms with Gasteiger partial charge in [0, 0.05) is 13.6 Å². The van der Waals surface area contributed by atoms with Gasteiger partial charge in [0.05, 0.1) is 19.1 Å². The molecular weight excluding hydrogens is 272 g/mol. The van der Waals surface area contributed by atoms with Crippen molar-refractivity contribution in [1.82, 2.24) is 9.96 Å². The van der Waals surface area contributed by atoms with Crippen LogP contribution in [0.5, 0.6) is 0 Å². The van der Waals surface area contributed by atoms with E-state index >= 15 is 0 Å². The van der Waals surface area contributed by atoms with Gasteiger partial charge in [-0.3, -0.25) is 9.63 Å². The summed E-state index contributed by atoms with van der Waals surface area (Å²) in [5.41, 5.74) is 0.964. The summed E-state index contributed by atoms with van der Waals surface area (Å²) in [4.78, 5) is 29.9. The van der Waals surface area contributed by atoms with E-state index in [9.17, 15) is 14.7 Å². The molecule has 0 aromatic heterocycles. The zero-order valence-electron chi connectivity index (χ0n) is 12.2. The minimum Gasteiger partial charge on any atom is -0.465 e. The van der Waals surface area contributed by atoms with E-state index < -0.39 is 6.09 Å². The Morgan fingerprint density at radius 2 is 1.95 bits per heavy atom. The molecule has 114 valence electrons. The molecule has 0 bridgehead atoms. The fraction of sp³-hybridized carbons (Fsp3) is 0.467. The highest BCUT2D eigenvalue weighted by atomic mass is 16.7. The maximum Gasteiger partial charge on any atom is 0.407 e. The Balaban J connectivity index is 2.15. The van der Waals surface area contributed by atoms with E-state index in [1.54, 1.807) is 0 Å². The molecule has 6 nitrogen and oxygen atoms in total. The minimum atomic E-state index is -0.999. The van der Waals surface area contributed by atoms with Crippen LogP contribution in [0, 0.1) is 5.92 Å². The predicted molar refractivity (Wildman–Crippen MR) is 76.4 cm³/mol. The molecule has 1 aliphatic rings. The van der Waals surface area contributed by atoms with Gasteiger partial charge in [0.25, 0.3) is 5.91 Å². The van der Waals surface area contributed by atoms with Crippen molar-refractivity contribution < 1.29 is 19.5 Å². The standard InChI is InChI=1S/C15H20N2O4/c1-16(21-2)14(18)12-8-9-13(17(10-12)15(19)20)11-6-4-3-5-7-11/h3-7,12-13H,8-10H2,1-2H3,(H,19,20). The first-order valence-corrected chi connectivity index (χ1v) is 6.90. The van der Waals surface area contributed by atoms with Gasteiger partial charge < -0.3 is 10.0 Å². The van der Waals surface area contributed by atoms with Gasteiger partial charge in [-0.1, -0.05) is 30.3 Å². The lowest BCUT2D eigenvalue weighted by molar-refractivity contribution is -0.175. The van der Waals surface area contributed by atoms with Crippen LogP contribution in [0.4, 0.5) is 4.79 Å². The van der Waals surface area contributed by atoms with Crippen molar-refractivity contribution in [2.75, 3.05) is 20.7 Å². The third-order valence-corrected chi connectivity index (χ3v) is 3.95. The first-order valence-electron chi connectivity index (χ1n) is 6.90. The van der Waals surface area contributed by atoms with Gasteiger partial charge in [-0.25, -0.2) is 9.86 Å². The molecule has 1 N–H and O–H groups in total. The molecule has 2 amide bonds. The molecule has 1 aromatic carbocycles. The molecule has 0 saturated carbocycles. The minimum absolute atomic E-state index is 0.185. The van der Waals surface area contributed by atoms with Crippen molar-refractivity contribution in [3.8, 4) is 0 Å². The molecule has 6 heteroatoms. The molecule has 0 aliphatic carbocycles. The Bertz CT molecular complexity index is 506. The van der Waals surface area contributed by atoms with Crippen molar-refractivity contribution in [3.63, 3.8) is 0 Å². The fourth-order valence-electron chi connectivity index (χ4n) is 2.75. The zero-order chi connectivity index (χ0) is 15.4. The van der Waals surface area contributed by atoms with Gasteiger partial charge in [-0.15, -0.1) is 0 Å². The first kappa shape index (κ1) is 15.3. The summed E-state index contributed by atoms with van der Waals surface area (Å²) in [6, 6.07) is 9.34. The zero-order valence-corrected chi connectivity index (χ0v) is 12.2. The second kappa shape index (κ2) is 6.58. The van der Waals surface area contributed by atoms with E-state index in [0.717, 1.165) is 10.6 Å². The number of carboxylic acid groups (broad SMARTS) is 1. The molecule has 0 radical (unpaired) electrons. The largest absolute Gasteiger partial charge is 0.465 e. The molecule has 1 heterocycles. The third-order valence-electron chi connectivity index (χ3n) is 3.95. The fourth-order valence-corrected chi connectivity index (χ4v) is 2.75. The number of piperidine rings is 1. The van der Waals surface area contributed by atoms with Crippen LogP contribution < -0.4 is 0 Å². The average Bonchev–Trinajstić information content (AvgIpc) is 2.53. The van der Waals surface area contributed by atoms with Crippen molar-refractivity contribution in [3.05, 3.63) is 35.9 Å². The molecule has 1 aromatic rings. The molecular formula is C15H20N2O4. The Morgan fingerprint density at radius 1 is 1.29 bits per heavy atom. The second-order valence-corrected chi connectivity index (χ2v) is 5.15. The molecule has 21 heavy (non-hydrogen) atoms. The van der Waals surface area contributed by atoms with E-state index in [-0.39, 0.29) is 24.4 Å². The average molecular weight is 292 g/mol. The summed E-state index contributed by atoms with van der Waals surface area (Å²) in [6.07, 6.45) is 0.279. The SMILES string of the molecule is CON(C)C(=O)C1CCC(c2ccccc2)N(C(=O)O)C1. The topological polar surface area (TPSA) is 70.1 Å². The second-order valence-electron chi connectivity index (χ2n) is 5.15. The molecule has 2 atom stereocenters. The highest BCUT2D eigenvalue weighted by Crippen LogP contribution is 2.33. The molecule has 1 saturated heterocycles. The normalized spacial score (nSPS) is 21.9. The van der Waals surface area contributed by atoms with E-state index in [2.05, 4.69) is 0 Å². The lowest BCUT2D eigenvalue weighted by atomic mass is 9.88. The number of likely N-dealkylation sites (tertiary alicyclic amines) is 1. The van der Waals surface area contributed by atoms with Crippen LogP contribution in [-0.4, -0.2) is 47.8 Å². The van der Waals surface area contributed by atoms with Gasteiger partial charge in [0.15, 0.2) is 0 Å². The van der Waals surface area contributed by atoms with Crippen LogP contribution in [0.1, 0.15) is 24.4 Å². The van der Waals surface area contributed by atoms with E-state index in [1.165, 1.54) is 19.1 Å². The Hall–Kier alpha value is -2.08. The number of rotatable bonds is 3. The lowest BCUT2D eigenvalue weighted by Gasteiger charge is -2.38. The molecule has 2 rings (SSSR count). The summed E-state index contributed by atoms with van der Waals surface area (Å²) in [5.74, 6) is -0.540. The maximum absolute atomic E-state index is 12.1. The van der Waals surface area contributed by atoms with E-state index in [0.29, 0.717) is 12.8 Å². The van der Waals surface area contributed by atoms with E-state index in [4.69, 9.17) is 4.84 Å². The summed E-state index contributed by atoms with van der Waals surface area (Å²) < 4.78 is 0. The van der Waals surface area contributed by atoms with Crippen molar-refractivity contribution in [1.29, 1.82) is 0 Å². The number of hydrogen-bond acceptors (Lipinski definition) is 3. The van der Waals surface area contributed by atoms with Gasteiger partial charge in [-0.05, 0) is 18.4 Å². The first-order chi connectivity index (χ1) is 10.0. The molecule has 2 unspecified atom stereocenters.